The van der Waals surface area contributed by atoms with E-state index in [0.717, 1.165) is 17.2 Å². The normalized spacial score (nSPS) is 20.0. The molecule has 27 heavy (non-hydrogen) atoms. The van der Waals surface area contributed by atoms with Crippen LogP contribution in [0.4, 0.5) is 0 Å². The van der Waals surface area contributed by atoms with Gasteiger partial charge in [-0.15, -0.1) is 0 Å². The van der Waals surface area contributed by atoms with Crippen LogP contribution in [0.1, 0.15) is 43.0 Å². The molecule has 1 aromatic heterocycles. The number of carbonyl (C=O) groups excluding carboxylic acids is 2. The van der Waals surface area contributed by atoms with Crippen LogP contribution in [0.3, 0.4) is 0 Å². The average Bonchev–Trinajstić information content (AvgIpc) is 2.99. The fourth-order valence-electron chi connectivity index (χ4n) is 3.85. The van der Waals surface area contributed by atoms with Crippen LogP contribution in [0.15, 0.2) is 30.3 Å². The van der Waals surface area contributed by atoms with Crippen molar-refractivity contribution >= 4 is 11.8 Å². The number of benzene rings is 1. The van der Waals surface area contributed by atoms with Crippen LogP contribution < -0.4 is 5.32 Å². The van der Waals surface area contributed by atoms with Crippen LogP contribution >= 0.6 is 0 Å². The molecule has 0 radical (unpaired) electrons. The lowest BCUT2D eigenvalue weighted by Gasteiger charge is -2.40. The van der Waals surface area contributed by atoms with Crippen molar-refractivity contribution in [3.8, 4) is 0 Å². The number of likely N-dealkylation sites (tertiary alicyclic amines) is 1. The number of rotatable bonds is 6. The van der Waals surface area contributed by atoms with Crippen molar-refractivity contribution < 1.29 is 9.59 Å². The van der Waals surface area contributed by atoms with Gasteiger partial charge in [0.25, 0.3) is 0 Å². The maximum absolute atomic E-state index is 12.9. The largest absolute Gasteiger partial charge is 0.354 e. The molecule has 1 aliphatic heterocycles. The molecule has 0 unspecified atom stereocenters. The topological polar surface area (TPSA) is 80.1 Å². The molecule has 2 atom stereocenters. The van der Waals surface area contributed by atoms with Gasteiger partial charge in [-0.05, 0) is 32.8 Å². The predicted molar refractivity (Wildman–Crippen MR) is 102 cm³/mol. The molecule has 7 heteroatoms. The molecule has 0 spiro atoms. The third-order valence-electron chi connectivity index (χ3n) is 5.11. The fraction of sp³-hybridized carbons (Fsp3) is 0.500. The molecule has 0 bridgehead atoms. The molecule has 1 aliphatic rings. The average molecular weight is 369 g/mol. The Bertz CT molecular complexity index is 802. The first-order valence-corrected chi connectivity index (χ1v) is 9.51. The monoisotopic (exact) mass is 369 g/mol. The van der Waals surface area contributed by atoms with E-state index in [1.165, 1.54) is 0 Å². The second kappa shape index (κ2) is 8.33. The third kappa shape index (κ3) is 4.18. The van der Waals surface area contributed by atoms with Crippen LogP contribution in [0.2, 0.25) is 0 Å². The van der Waals surface area contributed by atoms with Gasteiger partial charge in [0.2, 0.25) is 11.8 Å². The summed E-state index contributed by atoms with van der Waals surface area (Å²) in [4.78, 5) is 31.4. The minimum atomic E-state index is -0.247. The zero-order valence-corrected chi connectivity index (χ0v) is 16.2. The summed E-state index contributed by atoms with van der Waals surface area (Å²) in [6.45, 7) is 7.38. The first-order valence-electron chi connectivity index (χ1n) is 9.51. The smallest absolute Gasteiger partial charge is 0.225 e. The molecule has 0 saturated carbocycles. The van der Waals surface area contributed by atoms with Gasteiger partial charge in [0.1, 0.15) is 11.6 Å². The number of amides is 2. The van der Waals surface area contributed by atoms with Crippen molar-refractivity contribution in [3.05, 3.63) is 47.5 Å². The van der Waals surface area contributed by atoms with E-state index < -0.39 is 0 Å². The SMILES string of the molecule is CCN1C(=O)CC[C@@H](C(=O)NCCn2nc(C)nc2C)[C@@H]1c1ccccc1. The van der Waals surface area contributed by atoms with Crippen LogP contribution in [-0.4, -0.2) is 44.6 Å². The molecule has 1 aromatic carbocycles. The van der Waals surface area contributed by atoms with E-state index in [-0.39, 0.29) is 23.8 Å². The number of nitrogens with one attached hydrogen (secondary N) is 1. The molecule has 144 valence electrons. The van der Waals surface area contributed by atoms with E-state index >= 15 is 0 Å². The van der Waals surface area contributed by atoms with Gasteiger partial charge in [-0.2, -0.15) is 5.10 Å². The van der Waals surface area contributed by atoms with Crippen molar-refractivity contribution in [1.29, 1.82) is 0 Å². The first-order chi connectivity index (χ1) is 13.0. The molecule has 1 saturated heterocycles. The van der Waals surface area contributed by atoms with E-state index in [1.807, 2.05) is 56.0 Å². The van der Waals surface area contributed by atoms with E-state index in [0.29, 0.717) is 32.5 Å². The van der Waals surface area contributed by atoms with Gasteiger partial charge < -0.3 is 10.2 Å². The third-order valence-corrected chi connectivity index (χ3v) is 5.11. The molecule has 7 nitrogen and oxygen atoms in total. The van der Waals surface area contributed by atoms with Crippen molar-refractivity contribution in [3.63, 3.8) is 0 Å². The summed E-state index contributed by atoms with van der Waals surface area (Å²) in [5.41, 5.74) is 1.01. The number of aryl methyl sites for hydroxylation is 2. The highest BCUT2D eigenvalue weighted by Gasteiger charge is 2.39. The summed E-state index contributed by atoms with van der Waals surface area (Å²) < 4.78 is 1.80. The Morgan fingerprint density at radius 1 is 1.26 bits per heavy atom. The quantitative estimate of drug-likeness (QED) is 0.845. The Hall–Kier alpha value is -2.70. The summed E-state index contributed by atoms with van der Waals surface area (Å²) in [5.74, 6) is 1.42. The summed E-state index contributed by atoms with van der Waals surface area (Å²) in [6, 6.07) is 9.62. The maximum Gasteiger partial charge on any atom is 0.225 e. The summed E-state index contributed by atoms with van der Waals surface area (Å²) >= 11 is 0. The van der Waals surface area contributed by atoms with Crippen molar-refractivity contribution in [1.82, 2.24) is 25.0 Å². The Balaban J connectivity index is 1.71. The zero-order chi connectivity index (χ0) is 19.4. The highest BCUT2D eigenvalue weighted by Crippen LogP contribution is 2.36. The lowest BCUT2D eigenvalue weighted by Crippen LogP contribution is -2.48. The minimum Gasteiger partial charge on any atom is -0.354 e. The van der Waals surface area contributed by atoms with Crippen molar-refractivity contribution in [2.75, 3.05) is 13.1 Å². The van der Waals surface area contributed by atoms with E-state index in [2.05, 4.69) is 15.4 Å². The second-order valence-corrected chi connectivity index (χ2v) is 6.90. The maximum atomic E-state index is 12.9. The molecular weight excluding hydrogens is 342 g/mol. The highest BCUT2D eigenvalue weighted by atomic mass is 16.2. The number of carbonyl (C=O) groups is 2. The summed E-state index contributed by atoms with van der Waals surface area (Å²) in [7, 11) is 0. The Labute approximate surface area is 159 Å². The number of nitrogens with zero attached hydrogens (tertiary/aromatic N) is 4. The summed E-state index contributed by atoms with van der Waals surface area (Å²) in [5, 5.41) is 7.35. The molecule has 2 heterocycles. The standard InChI is InChI=1S/C20H27N5O2/c1-4-24-18(26)11-10-17(19(24)16-8-6-5-7-9-16)20(27)21-12-13-25-15(3)22-14(2)23-25/h5-9,17,19H,4,10-13H2,1-3H3,(H,21,27)/t17-,19+/m1/s1. The Kier molecular flexibility index (Phi) is 5.88. The zero-order valence-electron chi connectivity index (χ0n) is 16.2. The molecule has 1 N–H and O–H groups in total. The molecule has 0 aliphatic carbocycles. The van der Waals surface area contributed by atoms with E-state index in [1.54, 1.807) is 4.68 Å². The van der Waals surface area contributed by atoms with Crippen LogP contribution in [0, 0.1) is 19.8 Å². The lowest BCUT2D eigenvalue weighted by atomic mass is 9.83. The lowest BCUT2D eigenvalue weighted by molar-refractivity contribution is -0.143. The van der Waals surface area contributed by atoms with E-state index in [9.17, 15) is 9.59 Å². The fourth-order valence-corrected chi connectivity index (χ4v) is 3.85. The molecule has 2 amide bonds. The Morgan fingerprint density at radius 3 is 2.63 bits per heavy atom. The van der Waals surface area contributed by atoms with Gasteiger partial charge in [0, 0.05) is 19.5 Å². The van der Waals surface area contributed by atoms with Crippen LogP contribution in [-0.2, 0) is 16.1 Å². The van der Waals surface area contributed by atoms with E-state index in [4.69, 9.17) is 0 Å². The van der Waals surface area contributed by atoms with Gasteiger partial charge in [0.05, 0.1) is 18.5 Å². The minimum absolute atomic E-state index is 0.00991. The predicted octanol–water partition coefficient (Wildman–Crippen LogP) is 2.01. The highest BCUT2D eigenvalue weighted by molar-refractivity contribution is 5.85. The second-order valence-electron chi connectivity index (χ2n) is 6.90. The van der Waals surface area contributed by atoms with Gasteiger partial charge in [-0.1, -0.05) is 30.3 Å². The molecule has 1 fully saturated rings. The van der Waals surface area contributed by atoms with Gasteiger partial charge in [-0.25, -0.2) is 9.67 Å². The number of hydrogen-bond donors (Lipinski definition) is 1. The molecular formula is C20H27N5O2. The van der Waals surface area contributed by atoms with Crippen LogP contribution in [0.25, 0.3) is 0 Å². The van der Waals surface area contributed by atoms with Crippen molar-refractivity contribution in [2.24, 2.45) is 5.92 Å². The number of hydrogen-bond acceptors (Lipinski definition) is 4. The van der Waals surface area contributed by atoms with Crippen molar-refractivity contribution in [2.45, 2.75) is 46.2 Å². The van der Waals surface area contributed by atoms with Gasteiger partial charge in [0.15, 0.2) is 0 Å². The number of piperidine rings is 1. The number of aromatic nitrogens is 3. The molecule has 3 rings (SSSR count). The first kappa shape index (κ1) is 19.1. The Morgan fingerprint density at radius 2 is 2.00 bits per heavy atom. The van der Waals surface area contributed by atoms with Gasteiger partial charge in [-0.3, -0.25) is 9.59 Å². The van der Waals surface area contributed by atoms with Gasteiger partial charge >= 0.3 is 0 Å². The van der Waals surface area contributed by atoms with Crippen LogP contribution in [0.5, 0.6) is 0 Å². The summed E-state index contributed by atoms with van der Waals surface area (Å²) in [6.07, 6.45) is 0.985. The molecule has 2 aromatic rings.